The van der Waals surface area contributed by atoms with Crippen molar-refractivity contribution in [2.45, 2.75) is 39.2 Å². The zero-order chi connectivity index (χ0) is 20.8. The number of benzene rings is 1. The van der Waals surface area contributed by atoms with Crippen molar-refractivity contribution >= 4 is 16.8 Å². The summed E-state index contributed by atoms with van der Waals surface area (Å²) in [4.78, 5) is 27.9. The SMILES string of the molecule is Cc1ccc(-n2ncc3c(C4CC4)nn(CC(=O)N4CCOCC4)c(=O)c32)cc1C. The normalized spacial score (nSPS) is 16.9. The van der Waals surface area contributed by atoms with E-state index in [1.54, 1.807) is 15.8 Å². The highest BCUT2D eigenvalue weighted by Crippen LogP contribution is 2.41. The van der Waals surface area contributed by atoms with Crippen molar-refractivity contribution in [2.24, 2.45) is 0 Å². The summed E-state index contributed by atoms with van der Waals surface area (Å²) in [6, 6.07) is 6.03. The molecule has 8 heteroatoms. The number of nitrogens with zero attached hydrogens (tertiary/aromatic N) is 5. The topological polar surface area (TPSA) is 82.2 Å². The molecular formula is C22H25N5O3. The van der Waals surface area contributed by atoms with Crippen molar-refractivity contribution in [3.63, 3.8) is 0 Å². The van der Waals surface area contributed by atoms with Crippen molar-refractivity contribution in [1.29, 1.82) is 0 Å². The van der Waals surface area contributed by atoms with Crippen molar-refractivity contribution < 1.29 is 9.53 Å². The van der Waals surface area contributed by atoms with Gasteiger partial charge in [-0.05, 0) is 49.9 Å². The second-order valence-corrected chi connectivity index (χ2v) is 8.20. The highest BCUT2D eigenvalue weighted by Gasteiger charge is 2.31. The van der Waals surface area contributed by atoms with Crippen LogP contribution in [0.15, 0.2) is 29.2 Å². The number of aromatic nitrogens is 4. The van der Waals surface area contributed by atoms with Crippen LogP contribution in [0.2, 0.25) is 0 Å². The molecule has 156 valence electrons. The first-order chi connectivity index (χ1) is 14.5. The first-order valence-corrected chi connectivity index (χ1v) is 10.4. The monoisotopic (exact) mass is 407 g/mol. The molecule has 1 saturated heterocycles. The molecule has 0 bridgehead atoms. The van der Waals surface area contributed by atoms with Gasteiger partial charge in [0.05, 0.1) is 30.8 Å². The second kappa shape index (κ2) is 7.36. The number of hydrogen-bond acceptors (Lipinski definition) is 5. The molecule has 1 saturated carbocycles. The molecular weight excluding hydrogens is 382 g/mol. The lowest BCUT2D eigenvalue weighted by Crippen LogP contribution is -2.44. The number of carbonyl (C=O) groups excluding carboxylic acids is 1. The van der Waals surface area contributed by atoms with Crippen molar-refractivity contribution in [3.8, 4) is 5.69 Å². The highest BCUT2D eigenvalue weighted by molar-refractivity contribution is 5.83. The van der Waals surface area contributed by atoms with E-state index in [9.17, 15) is 9.59 Å². The molecule has 30 heavy (non-hydrogen) atoms. The fourth-order valence-electron chi connectivity index (χ4n) is 3.95. The average Bonchev–Trinajstić information content (AvgIpc) is 3.50. The fourth-order valence-corrected chi connectivity index (χ4v) is 3.95. The van der Waals surface area contributed by atoms with Crippen LogP contribution in [0.1, 0.15) is 35.6 Å². The zero-order valence-corrected chi connectivity index (χ0v) is 17.3. The summed E-state index contributed by atoms with van der Waals surface area (Å²) in [5.74, 6) is 0.224. The van der Waals surface area contributed by atoms with Gasteiger partial charge in [0.2, 0.25) is 5.91 Å². The van der Waals surface area contributed by atoms with Gasteiger partial charge < -0.3 is 9.64 Å². The Labute approximate surface area is 174 Å². The molecule has 3 heterocycles. The summed E-state index contributed by atoms with van der Waals surface area (Å²) in [5, 5.41) is 9.93. The minimum absolute atomic E-state index is 0.0629. The average molecular weight is 407 g/mol. The Morgan fingerprint density at radius 1 is 1.17 bits per heavy atom. The molecule has 0 unspecified atom stereocenters. The molecule has 0 atom stereocenters. The predicted octanol–water partition coefficient (Wildman–Crippen LogP) is 1.94. The summed E-state index contributed by atoms with van der Waals surface area (Å²) >= 11 is 0. The standard InChI is InChI=1S/C22H25N5O3/c1-14-3-6-17(11-15(14)2)27-21-18(12-23-27)20(16-4-5-16)24-26(22(21)29)13-19(28)25-7-9-30-10-8-25/h3,6,11-12,16H,4-5,7-10,13H2,1-2H3. The van der Waals surface area contributed by atoms with E-state index >= 15 is 0 Å². The Hall–Kier alpha value is -3.00. The quantitative estimate of drug-likeness (QED) is 0.660. The van der Waals surface area contributed by atoms with Gasteiger partial charge in [0.15, 0.2) is 0 Å². The van der Waals surface area contributed by atoms with Crippen LogP contribution in [0.4, 0.5) is 0 Å². The lowest BCUT2D eigenvalue weighted by molar-refractivity contribution is -0.136. The minimum atomic E-state index is -0.285. The van der Waals surface area contributed by atoms with Gasteiger partial charge in [0.25, 0.3) is 5.56 Å². The molecule has 0 N–H and O–H groups in total. The molecule has 3 aromatic rings. The van der Waals surface area contributed by atoms with E-state index in [-0.39, 0.29) is 18.0 Å². The lowest BCUT2D eigenvalue weighted by Gasteiger charge is -2.26. The third-order valence-electron chi connectivity index (χ3n) is 6.06. The Bertz CT molecular complexity index is 1190. The van der Waals surface area contributed by atoms with Gasteiger partial charge in [0, 0.05) is 24.4 Å². The van der Waals surface area contributed by atoms with Gasteiger partial charge >= 0.3 is 0 Å². The lowest BCUT2D eigenvalue weighted by atomic mass is 10.1. The highest BCUT2D eigenvalue weighted by atomic mass is 16.5. The Morgan fingerprint density at radius 3 is 2.63 bits per heavy atom. The van der Waals surface area contributed by atoms with Gasteiger partial charge in [-0.15, -0.1) is 0 Å². The molecule has 1 aliphatic heterocycles. The van der Waals surface area contributed by atoms with Gasteiger partial charge in [-0.3, -0.25) is 9.59 Å². The number of rotatable bonds is 4. The number of hydrogen-bond donors (Lipinski definition) is 0. The first kappa shape index (κ1) is 19.0. The van der Waals surface area contributed by atoms with Gasteiger partial charge in [-0.2, -0.15) is 10.2 Å². The number of fused-ring (bicyclic) bond motifs is 1. The van der Waals surface area contributed by atoms with Crippen molar-refractivity contribution in [2.75, 3.05) is 26.3 Å². The van der Waals surface area contributed by atoms with Crippen molar-refractivity contribution in [1.82, 2.24) is 24.5 Å². The van der Waals surface area contributed by atoms with E-state index in [1.807, 2.05) is 25.1 Å². The van der Waals surface area contributed by atoms with E-state index in [0.717, 1.165) is 35.2 Å². The number of amides is 1. The number of aryl methyl sites for hydroxylation is 2. The van der Waals surface area contributed by atoms with E-state index in [4.69, 9.17) is 4.74 Å². The number of morpholine rings is 1. The maximum absolute atomic E-state index is 13.4. The Morgan fingerprint density at radius 2 is 1.93 bits per heavy atom. The van der Waals surface area contributed by atoms with Crippen LogP contribution in [-0.4, -0.2) is 56.7 Å². The maximum Gasteiger partial charge on any atom is 0.293 e. The fraction of sp³-hybridized carbons (Fsp3) is 0.455. The molecule has 1 aliphatic carbocycles. The summed E-state index contributed by atoms with van der Waals surface area (Å²) in [6.45, 7) is 6.19. The predicted molar refractivity (Wildman–Crippen MR) is 112 cm³/mol. The third kappa shape index (κ3) is 3.31. The van der Waals surface area contributed by atoms with E-state index in [1.165, 1.54) is 10.2 Å². The van der Waals surface area contributed by atoms with Gasteiger partial charge in [-0.25, -0.2) is 9.36 Å². The van der Waals surface area contributed by atoms with Gasteiger partial charge in [-0.1, -0.05) is 6.07 Å². The van der Waals surface area contributed by atoms with E-state index in [2.05, 4.69) is 17.1 Å². The van der Waals surface area contributed by atoms with Crippen LogP contribution in [0.25, 0.3) is 16.6 Å². The molecule has 5 rings (SSSR count). The molecule has 1 amide bonds. The number of carbonyl (C=O) groups is 1. The van der Waals surface area contributed by atoms with E-state index < -0.39 is 0 Å². The van der Waals surface area contributed by atoms with Crippen molar-refractivity contribution in [3.05, 3.63) is 51.6 Å². The van der Waals surface area contributed by atoms with E-state index in [0.29, 0.717) is 37.7 Å². The van der Waals surface area contributed by atoms with Crippen LogP contribution < -0.4 is 5.56 Å². The molecule has 0 spiro atoms. The van der Waals surface area contributed by atoms with Gasteiger partial charge in [0.1, 0.15) is 12.1 Å². The van der Waals surface area contributed by atoms with Crippen LogP contribution in [0, 0.1) is 13.8 Å². The largest absolute Gasteiger partial charge is 0.378 e. The van der Waals surface area contributed by atoms with Crippen LogP contribution in [0.5, 0.6) is 0 Å². The number of ether oxygens (including phenoxy) is 1. The van der Waals surface area contributed by atoms with Crippen LogP contribution in [0.3, 0.4) is 0 Å². The zero-order valence-electron chi connectivity index (χ0n) is 17.3. The second-order valence-electron chi connectivity index (χ2n) is 8.20. The Balaban J connectivity index is 1.61. The molecule has 2 aromatic heterocycles. The molecule has 1 aromatic carbocycles. The summed E-state index contributed by atoms with van der Waals surface area (Å²) in [5.41, 5.74) is 4.23. The molecule has 2 aliphatic rings. The molecule has 0 radical (unpaired) electrons. The third-order valence-corrected chi connectivity index (χ3v) is 6.06. The molecule has 2 fully saturated rings. The minimum Gasteiger partial charge on any atom is -0.378 e. The smallest absolute Gasteiger partial charge is 0.293 e. The summed E-state index contributed by atoms with van der Waals surface area (Å²) < 4.78 is 8.34. The van der Waals surface area contributed by atoms with Crippen LogP contribution >= 0.6 is 0 Å². The summed E-state index contributed by atoms with van der Waals surface area (Å²) in [6.07, 6.45) is 3.83. The summed E-state index contributed by atoms with van der Waals surface area (Å²) in [7, 11) is 0. The first-order valence-electron chi connectivity index (χ1n) is 10.4. The Kier molecular flexibility index (Phi) is 4.66. The molecule has 8 nitrogen and oxygen atoms in total. The van der Waals surface area contributed by atoms with Crippen LogP contribution in [-0.2, 0) is 16.1 Å². The maximum atomic E-state index is 13.4.